The molecule has 0 N–H and O–H groups in total. The first-order valence-electron chi connectivity index (χ1n) is 19.8. The van der Waals surface area contributed by atoms with Gasteiger partial charge in [0.1, 0.15) is 0 Å². The Morgan fingerprint density at radius 2 is 1.19 bits per heavy atom. The normalized spacial score (nSPS) is 25.4. The van der Waals surface area contributed by atoms with E-state index in [2.05, 4.69) is 171 Å². The molecule has 54 heavy (non-hydrogen) atoms. The molecule has 1 unspecified atom stereocenters. The molecule has 3 heteroatoms. The van der Waals surface area contributed by atoms with Gasteiger partial charge in [-0.3, -0.25) is 6.08 Å². The maximum atomic E-state index is 3.53. The monoisotopic (exact) mass is 830 g/mol. The minimum atomic E-state index is 0. The fourth-order valence-electron chi connectivity index (χ4n) is 10.2. The molecule has 4 fully saturated rings. The molecule has 4 saturated carbocycles. The summed E-state index contributed by atoms with van der Waals surface area (Å²) < 4.78 is 1.42. The van der Waals surface area contributed by atoms with Gasteiger partial charge in [-0.2, -0.15) is 35.4 Å². The van der Waals surface area contributed by atoms with Gasteiger partial charge in [0.15, 0.2) is 0 Å². The fraction of sp³-hybridized carbons (Fsp3) is 0.431. The van der Waals surface area contributed by atoms with Crippen molar-refractivity contribution in [3.63, 3.8) is 0 Å². The molecule has 282 valence electrons. The number of hydrogen-bond donors (Lipinski definition) is 0. The summed E-state index contributed by atoms with van der Waals surface area (Å²) >= 11 is 1.46. The van der Waals surface area contributed by atoms with Crippen LogP contribution in [0.4, 0.5) is 0 Å². The summed E-state index contributed by atoms with van der Waals surface area (Å²) in [6.07, 6.45) is 18.5. The Bertz CT molecular complexity index is 1850. The van der Waals surface area contributed by atoms with Crippen LogP contribution in [0.1, 0.15) is 127 Å². The number of benzene rings is 4. The molecule has 0 radical (unpaired) electrons. The zero-order valence-corrected chi connectivity index (χ0v) is 37.7. The fourth-order valence-corrected chi connectivity index (χ4v) is 11.1. The van der Waals surface area contributed by atoms with Crippen LogP contribution < -0.4 is 24.8 Å². The van der Waals surface area contributed by atoms with Crippen LogP contribution in [0.15, 0.2) is 109 Å². The van der Waals surface area contributed by atoms with Gasteiger partial charge in [-0.25, -0.2) is 11.6 Å². The van der Waals surface area contributed by atoms with E-state index in [9.17, 15) is 0 Å². The number of halogens is 2. The Labute approximate surface area is 354 Å². The van der Waals surface area contributed by atoms with Gasteiger partial charge in [-0.1, -0.05) is 95.5 Å². The third-order valence-electron chi connectivity index (χ3n) is 12.9. The van der Waals surface area contributed by atoms with Crippen molar-refractivity contribution in [2.24, 2.45) is 28.6 Å². The van der Waals surface area contributed by atoms with Gasteiger partial charge in [0, 0.05) is 0 Å². The van der Waals surface area contributed by atoms with Crippen LogP contribution in [0, 0.1) is 40.7 Å². The van der Waals surface area contributed by atoms with Crippen molar-refractivity contribution in [3.8, 4) is 11.1 Å². The number of fused-ring (bicyclic) bond motifs is 3. The van der Waals surface area contributed by atoms with Gasteiger partial charge >= 0.3 is 99.2 Å². The van der Waals surface area contributed by atoms with E-state index in [1.807, 2.05) is 0 Å². The van der Waals surface area contributed by atoms with Gasteiger partial charge in [0.05, 0.1) is 0 Å². The molecule has 0 heterocycles. The molecule has 4 aromatic carbocycles. The van der Waals surface area contributed by atoms with E-state index >= 15 is 0 Å². The molecule has 6 aliphatic rings. The number of rotatable bonds is 3. The first-order chi connectivity index (χ1) is 24.6. The molecule has 0 spiro atoms. The topological polar surface area (TPSA) is 0 Å². The summed E-state index contributed by atoms with van der Waals surface area (Å²) in [6, 6.07) is 36.2. The quantitative estimate of drug-likeness (QED) is 0.172. The summed E-state index contributed by atoms with van der Waals surface area (Å²) in [5.41, 5.74) is 13.7. The maximum absolute atomic E-state index is 3.53. The summed E-state index contributed by atoms with van der Waals surface area (Å²) in [5, 5.41) is 0. The number of allylic oxidation sites excluding steroid dienone is 4. The van der Waals surface area contributed by atoms with Crippen LogP contribution in [0.5, 0.6) is 0 Å². The van der Waals surface area contributed by atoms with Crippen molar-refractivity contribution in [1.29, 1.82) is 0 Å². The van der Waals surface area contributed by atoms with Crippen LogP contribution in [-0.4, -0.2) is 3.21 Å². The Hall–Kier alpha value is -2.31. The summed E-state index contributed by atoms with van der Waals surface area (Å²) in [6.45, 7) is 18.3. The van der Waals surface area contributed by atoms with E-state index in [1.165, 1.54) is 96.8 Å². The van der Waals surface area contributed by atoms with Crippen LogP contribution in [-0.2, 0) is 41.5 Å². The van der Waals surface area contributed by atoms with Crippen molar-refractivity contribution < 1.29 is 49.0 Å². The van der Waals surface area contributed by atoms with E-state index in [4.69, 9.17) is 0 Å². The van der Waals surface area contributed by atoms with Gasteiger partial charge in [-0.05, 0) is 79.1 Å². The Kier molecular flexibility index (Phi) is 13.2. The minimum absolute atomic E-state index is 0. The second-order valence-electron chi connectivity index (χ2n) is 19.0. The number of hydrogen-bond acceptors (Lipinski definition) is 0. The molecular formula is C51H58Cl2Zr-2. The van der Waals surface area contributed by atoms with Crippen molar-refractivity contribution in [2.75, 3.05) is 0 Å². The molecule has 0 aliphatic heterocycles. The molecule has 1 atom stereocenters. The standard InChI is InChI=1S/C21H25.C17H23.C13H10.2ClH.Zr/c1-20(2,3)16-9-7-14-11-15-8-10-17(21(4,5)6)13-19(15)18(14)12-16;1-12-3-4-16(2,8-12)17-9-13-5-14(10-17)7-15(6-13)11-17;1-3-7-12(8-4-1)11-13-9-5-2-6-10-13;;;/h7,9-10,12-13H,11H2,1-6H3;4,8,13-15H,5-7,9-11H2,1-2H3;1-10H;2*1H;/q2*-1;;;;+2/p-2. The van der Waals surface area contributed by atoms with Crippen molar-refractivity contribution in [1.82, 2.24) is 0 Å². The van der Waals surface area contributed by atoms with Gasteiger partial charge in [0.2, 0.25) is 0 Å². The molecule has 0 aromatic heterocycles. The van der Waals surface area contributed by atoms with E-state index in [0.717, 1.165) is 24.2 Å². The molecule has 10 rings (SSSR count). The molecule has 0 saturated heterocycles. The summed E-state index contributed by atoms with van der Waals surface area (Å²) in [4.78, 5) is 0. The van der Waals surface area contributed by atoms with Crippen LogP contribution >= 0.6 is 0 Å². The van der Waals surface area contributed by atoms with E-state index in [1.54, 1.807) is 19.3 Å². The van der Waals surface area contributed by atoms with Crippen molar-refractivity contribution in [3.05, 3.63) is 154 Å². The Morgan fingerprint density at radius 1 is 0.685 bits per heavy atom. The second-order valence-corrected chi connectivity index (χ2v) is 20.3. The molecule has 6 aliphatic carbocycles. The van der Waals surface area contributed by atoms with Crippen LogP contribution in [0.3, 0.4) is 0 Å². The summed E-state index contributed by atoms with van der Waals surface area (Å²) in [7, 11) is 0. The SMILES string of the molecule is CC(C)(C)c1c[c-]c2c(c1)-c1cc(C(C)(C)C)ccc1C2.CC1=CC(C)(C23CC4CC(CC(C4)C2)C3)C=[C-]1.[Cl-].[Cl-].[Zr+2]=[C](c1ccccc1)c1ccccc1. The molecular weight excluding hydrogens is 775 g/mol. The van der Waals surface area contributed by atoms with Gasteiger partial charge in [-0.15, -0.1) is 5.56 Å². The third kappa shape index (κ3) is 8.96. The van der Waals surface area contributed by atoms with Gasteiger partial charge < -0.3 is 24.8 Å². The van der Waals surface area contributed by atoms with Crippen molar-refractivity contribution >= 4 is 3.21 Å². The zero-order chi connectivity index (χ0) is 36.9. The average Bonchev–Trinajstić information content (AvgIpc) is 3.67. The molecule has 4 aromatic rings. The van der Waals surface area contributed by atoms with Crippen LogP contribution in [0.2, 0.25) is 0 Å². The first-order valence-corrected chi connectivity index (χ1v) is 21.0. The Balaban J connectivity index is 0.000000156. The zero-order valence-electron chi connectivity index (χ0n) is 33.8. The molecule has 4 bridgehead atoms. The molecule has 0 nitrogen and oxygen atoms in total. The summed E-state index contributed by atoms with van der Waals surface area (Å²) in [5.74, 6) is 3.17. The predicted molar refractivity (Wildman–Crippen MR) is 217 cm³/mol. The van der Waals surface area contributed by atoms with Crippen molar-refractivity contribution in [2.45, 2.75) is 111 Å². The average molecular weight is 833 g/mol. The molecule has 0 amide bonds. The second kappa shape index (κ2) is 16.7. The third-order valence-corrected chi connectivity index (χ3v) is 14.4. The van der Waals surface area contributed by atoms with Crippen LogP contribution in [0.25, 0.3) is 11.1 Å². The van der Waals surface area contributed by atoms with E-state index < -0.39 is 0 Å². The van der Waals surface area contributed by atoms with E-state index in [0.29, 0.717) is 10.8 Å². The predicted octanol–water partition coefficient (Wildman–Crippen LogP) is 6.99. The first kappa shape index (κ1) is 42.8. The van der Waals surface area contributed by atoms with Gasteiger partial charge in [0.25, 0.3) is 0 Å². The Morgan fingerprint density at radius 3 is 1.65 bits per heavy atom. The van der Waals surface area contributed by atoms with E-state index in [-0.39, 0.29) is 35.6 Å².